The van der Waals surface area contributed by atoms with E-state index in [2.05, 4.69) is 67.1 Å². The Bertz CT molecular complexity index is 1480. The molecule has 42 heavy (non-hydrogen) atoms. The van der Waals surface area contributed by atoms with Gasteiger partial charge in [0.15, 0.2) is 0 Å². The van der Waals surface area contributed by atoms with E-state index in [0.29, 0.717) is 37.0 Å². The van der Waals surface area contributed by atoms with Crippen molar-refractivity contribution in [3.8, 4) is 0 Å². The molecule has 0 saturated carbocycles. The standard InChI is InChI=1S/C31H41N9O2/c1-8-21-24(14-32-29(41)27-12-19(6)37-39-27)22(9-2)26(16-34-31-35-17(4)11-18(5)36-31)23(10-3)25(21)15-33-30(42)28-13-20(7)38-40-28/h11-13H,8-10,14-16H2,1-7H3,(H,32,41)(H,33,42)(H,37,39)(H,38,40)(H,34,35,36). The minimum atomic E-state index is -0.241. The van der Waals surface area contributed by atoms with E-state index in [9.17, 15) is 9.59 Å². The first-order chi connectivity index (χ1) is 20.1. The van der Waals surface area contributed by atoms with Crippen molar-refractivity contribution in [3.05, 3.63) is 85.7 Å². The van der Waals surface area contributed by atoms with E-state index < -0.39 is 0 Å². The lowest BCUT2D eigenvalue weighted by Gasteiger charge is -2.26. The zero-order valence-electron chi connectivity index (χ0n) is 25.6. The molecule has 11 heteroatoms. The summed E-state index contributed by atoms with van der Waals surface area (Å²) >= 11 is 0. The molecule has 0 aliphatic carbocycles. The Morgan fingerprint density at radius 3 is 1.38 bits per heavy atom. The lowest BCUT2D eigenvalue weighted by molar-refractivity contribution is 0.0938. The molecule has 0 atom stereocenters. The fourth-order valence-corrected chi connectivity index (χ4v) is 5.57. The van der Waals surface area contributed by atoms with Crippen LogP contribution in [0.4, 0.5) is 5.95 Å². The first kappa shape index (κ1) is 30.4. The Morgan fingerprint density at radius 2 is 1.02 bits per heavy atom. The normalized spacial score (nSPS) is 11.0. The van der Waals surface area contributed by atoms with Crippen molar-refractivity contribution in [3.63, 3.8) is 0 Å². The highest BCUT2D eigenvalue weighted by molar-refractivity contribution is 5.92. The maximum Gasteiger partial charge on any atom is 0.272 e. The summed E-state index contributed by atoms with van der Waals surface area (Å²) in [6, 6.07) is 5.40. The molecule has 11 nitrogen and oxygen atoms in total. The number of aryl methyl sites for hydroxylation is 4. The molecule has 0 aliphatic rings. The number of carbonyl (C=O) groups excluding carboxylic acids is 2. The van der Waals surface area contributed by atoms with Gasteiger partial charge in [0.2, 0.25) is 5.95 Å². The van der Waals surface area contributed by atoms with Gasteiger partial charge in [-0.15, -0.1) is 0 Å². The fraction of sp³-hybridized carbons (Fsp3) is 0.419. The molecule has 0 saturated heterocycles. The third-order valence-electron chi connectivity index (χ3n) is 7.38. The number of nitrogens with zero attached hydrogens (tertiary/aromatic N) is 4. The summed E-state index contributed by atoms with van der Waals surface area (Å²) in [7, 11) is 0. The van der Waals surface area contributed by atoms with Crippen LogP contribution in [-0.4, -0.2) is 42.2 Å². The zero-order chi connectivity index (χ0) is 30.4. The lowest BCUT2D eigenvalue weighted by atomic mass is 9.83. The summed E-state index contributed by atoms with van der Waals surface area (Å²) in [5.74, 6) is 0.0915. The first-order valence-electron chi connectivity index (χ1n) is 14.5. The van der Waals surface area contributed by atoms with Crippen LogP contribution >= 0.6 is 0 Å². The van der Waals surface area contributed by atoms with E-state index in [-0.39, 0.29) is 11.8 Å². The molecule has 3 heterocycles. The van der Waals surface area contributed by atoms with Crippen LogP contribution in [-0.2, 0) is 38.9 Å². The van der Waals surface area contributed by atoms with E-state index in [1.807, 2.05) is 33.8 Å². The smallest absolute Gasteiger partial charge is 0.272 e. The summed E-state index contributed by atoms with van der Waals surface area (Å²) in [6.45, 7) is 15.2. The summed E-state index contributed by atoms with van der Waals surface area (Å²) in [5, 5.41) is 23.5. The largest absolute Gasteiger partial charge is 0.350 e. The van der Waals surface area contributed by atoms with Crippen molar-refractivity contribution in [1.82, 2.24) is 41.0 Å². The van der Waals surface area contributed by atoms with Gasteiger partial charge in [-0.05, 0) is 98.5 Å². The Balaban J connectivity index is 1.75. The van der Waals surface area contributed by atoms with Crippen LogP contribution in [0.3, 0.4) is 0 Å². The van der Waals surface area contributed by atoms with Gasteiger partial charge in [-0.1, -0.05) is 20.8 Å². The molecule has 0 unspecified atom stereocenters. The fourth-order valence-electron chi connectivity index (χ4n) is 5.57. The van der Waals surface area contributed by atoms with Gasteiger partial charge in [0, 0.05) is 42.4 Å². The minimum Gasteiger partial charge on any atom is -0.350 e. The number of rotatable bonds is 12. The van der Waals surface area contributed by atoms with Crippen molar-refractivity contribution in [2.45, 2.75) is 87.4 Å². The molecule has 4 rings (SSSR count). The Morgan fingerprint density at radius 1 is 0.619 bits per heavy atom. The molecule has 0 spiro atoms. The molecule has 0 bridgehead atoms. The van der Waals surface area contributed by atoms with Crippen LogP contribution in [0.15, 0.2) is 18.2 Å². The SMILES string of the molecule is CCc1c(CNC(=O)c2cc(C)[nH]n2)c(CC)c(CNc2nc(C)cc(C)n2)c(CC)c1CNC(=O)c1cc(C)[nH]n1. The van der Waals surface area contributed by atoms with Crippen LogP contribution < -0.4 is 16.0 Å². The Hall–Kier alpha value is -4.54. The number of anilines is 1. The van der Waals surface area contributed by atoms with Gasteiger partial charge in [0.05, 0.1) is 0 Å². The number of hydrogen-bond donors (Lipinski definition) is 5. The highest BCUT2D eigenvalue weighted by Gasteiger charge is 2.23. The number of aromatic amines is 2. The second kappa shape index (κ2) is 13.4. The van der Waals surface area contributed by atoms with Crippen LogP contribution in [0.2, 0.25) is 0 Å². The maximum atomic E-state index is 13.0. The van der Waals surface area contributed by atoms with E-state index in [4.69, 9.17) is 0 Å². The predicted octanol–water partition coefficient (Wildman–Crippen LogP) is 4.32. The Labute approximate surface area is 246 Å². The van der Waals surface area contributed by atoms with E-state index >= 15 is 0 Å². The molecular weight excluding hydrogens is 530 g/mol. The molecule has 0 radical (unpaired) electrons. The third kappa shape index (κ3) is 6.84. The maximum absolute atomic E-state index is 13.0. The number of nitrogens with one attached hydrogen (secondary N) is 5. The lowest BCUT2D eigenvalue weighted by Crippen LogP contribution is -2.28. The van der Waals surface area contributed by atoms with E-state index in [0.717, 1.165) is 64.3 Å². The second-order valence-electron chi connectivity index (χ2n) is 10.5. The van der Waals surface area contributed by atoms with Gasteiger partial charge in [0.25, 0.3) is 11.8 Å². The molecule has 0 fully saturated rings. The van der Waals surface area contributed by atoms with Crippen LogP contribution in [0, 0.1) is 27.7 Å². The summed E-state index contributed by atoms with van der Waals surface area (Å²) in [4.78, 5) is 35.1. The second-order valence-corrected chi connectivity index (χ2v) is 10.5. The molecule has 222 valence electrons. The summed E-state index contributed by atoms with van der Waals surface area (Å²) < 4.78 is 0. The summed E-state index contributed by atoms with van der Waals surface area (Å²) in [6.07, 6.45) is 2.29. The van der Waals surface area contributed by atoms with Crippen molar-refractivity contribution in [2.24, 2.45) is 0 Å². The first-order valence-corrected chi connectivity index (χ1v) is 14.5. The molecule has 5 N–H and O–H groups in total. The third-order valence-corrected chi connectivity index (χ3v) is 7.38. The highest BCUT2D eigenvalue weighted by atomic mass is 16.2. The van der Waals surface area contributed by atoms with Crippen molar-refractivity contribution in [1.29, 1.82) is 0 Å². The molecule has 2 amide bonds. The van der Waals surface area contributed by atoms with Crippen molar-refractivity contribution >= 4 is 17.8 Å². The number of aromatic nitrogens is 6. The van der Waals surface area contributed by atoms with E-state index in [1.54, 1.807) is 12.1 Å². The summed E-state index contributed by atoms with van der Waals surface area (Å²) in [5.41, 5.74) is 10.9. The van der Waals surface area contributed by atoms with Gasteiger partial charge in [-0.2, -0.15) is 10.2 Å². The van der Waals surface area contributed by atoms with Crippen molar-refractivity contribution < 1.29 is 9.59 Å². The van der Waals surface area contributed by atoms with Crippen LogP contribution in [0.1, 0.15) is 97.9 Å². The topological polar surface area (TPSA) is 153 Å². The van der Waals surface area contributed by atoms with Gasteiger partial charge >= 0.3 is 0 Å². The molecular formula is C31H41N9O2. The van der Waals surface area contributed by atoms with Crippen LogP contribution in [0.5, 0.6) is 0 Å². The molecule has 1 aromatic carbocycles. The van der Waals surface area contributed by atoms with E-state index in [1.165, 1.54) is 11.1 Å². The average molecular weight is 572 g/mol. The minimum absolute atomic E-state index is 0.241. The van der Waals surface area contributed by atoms with Gasteiger partial charge < -0.3 is 16.0 Å². The van der Waals surface area contributed by atoms with Gasteiger partial charge in [0.1, 0.15) is 11.4 Å². The molecule has 4 aromatic rings. The number of carbonyl (C=O) groups is 2. The number of amides is 2. The number of hydrogen-bond acceptors (Lipinski definition) is 7. The number of H-pyrrole nitrogens is 2. The van der Waals surface area contributed by atoms with Gasteiger partial charge in [-0.3, -0.25) is 19.8 Å². The monoisotopic (exact) mass is 571 g/mol. The Kier molecular flexibility index (Phi) is 9.72. The van der Waals surface area contributed by atoms with Gasteiger partial charge in [-0.25, -0.2) is 9.97 Å². The zero-order valence-corrected chi connectivity index (χ0v) is 25.6. The molecule has 0 aliphatic heterocycles. The highest BCUT2D eigenvalue weighted by Crippen LogP contribution is 2.31. The van der Waals surface area contributed by atoms with Crippen molar-refractivity contribution in [2.75, 3.05) is 5.32 Å². The average Bonchev–Trinajstić information content (AvgIpc) is 3.60. The quantitative estimate of drug-likeness (QED) is 0.170. The molecule has 3 aromatic heterocycles. The van der Waals surface area contributed by atoms with Crippen LogP contribution in [0.25, 0.3) is 0 Å². The predicted molar refractivity (Wildman–Crippen MR) is 162 cm³/mol. The number of benzene rings is 1.